The molecule has 0 fully saturated rings. The number of hydrogen-bond acceptors (Lipinski definition) is 0. The van der Waals surface area contributed by atoms with Gasteiger partial charge >= 0.3 is 0 Å². The molecule has 0 heteroatoms. The highest BCUT2D eigenvalue weighted by atomic mass is 13.1. The second kappa shape index (κ2) is 0. The van der Waals surface area contributed by atoms with E-state index in [2.05, 4.69) is 0 Å². The first-order valence-corrected chi connectivity index (χ1v) is 42.0. The van der Waals surface area contributed by atoms with Crippen LogP contribution in [0.15, 0.2) is 0 Å². The normalized spacial score (nSPS) is 3.38. The van der Waals surface area contributed by atoms with E-state index >= 15 is 0 Å². The molecule has 0 N–H and O–H groups in total. The molecule has 0 nitrogen and oxygen atoms in total. The third-order valence-corrected chi connectivity index (χ3v) is 0. The van der Waals surface area contributed by atoms with Gasteiger partial charge in [-0.2, -0.15) is 0 Å². The SMILES string of the molecule is CC.CC.CC.CC.CC.CC.CC.CC.CC.CC.CC.CC.CC.CC.CC.CC.CC.CC.CC.CC.CC.CC.CC.CC.CC.CC.CC.CC.CC.CC.CC.CC.CC.CC.CC.CC.CC.CC.CC.CC.CC.CC.[2HH].[2HH].[2HH].[2HH].[2HH].[2HH].[2HH].[2HH].[2HH].[2HH].[2HH].[2HH].[2HH].[2HH].[2HH].[2HH].[2H][2H].[2H][2H].[2H][2H].[2H][2H]. The van der Waals surface area contributed by atoms with Gasteiger partial charge in [-0.25, -0.2) is 0 Å². The van der Waals surface area contributed by atoms with Gasteiger partial charge in [-0.05, 0) is 0 Å². The smallest absolute Gasteiger partial charge is 0 e. The van der Waals surface area contributed by atoms with Gasteiger partial charge in [0.15, 0.2) is 0 Å². The Morgan fingerprint density at radius 3 is 0.0476 bits per heavy atom. The third-order valence-electron chi connectivity index (χ3n) is 0. The molecule has 0 amide bonds. The Balaban J connectivity index is -0.00000000333. The van der Waals surface area contributed by atoms with Crippen LogP contribution in [-0.4, -0.2) is 0 Å². The maximum Gasteiger partial charge on any atom is 0 e. The van der Waals surface area contributed by atoms with E-state index in [1.54, 1.807) is 0 Å². The summed E-state index contributed by atoms with van der Waals surface area (Å²) in [7, 11) is 0. The molecule has 0 aromatic rings. The topological polar surface area (TPSA) is 0 Å². The fourth-order valence-electron chi connectivity index (χ4n) is 0. The van der Waals surface area contributed by atoms with Crippen LogP contribution in [0, 0.1) is 0 Å². The summed E-state index contributed by atoms with van der Waals surface area (Å²) in [5.41, 5.74) is 0. The Labute approximate surface area is 614 Å². The fourth-order valence-corrected chi connectivity index (χ4v) is 0. The third kappa shape index (κ3) is 0. The van der Waals surface area contributed by atoms with Crippen molar-refractivity contribution in [2.24, 2.45) is 0 Å². The standard InChI is InChI=1S/42C2H6.20H2/c42*1-2;;;;;;;;;;;;;;;;;;;;/h42*1-2H3;20*1H/i;;;;;;;;;;;;;;;;;;;;;;;;;;;;;;;;;;;;;;;;;;4*1+1D;16*1+1. The minimum absolute atomic E-state index is 0. The van der Waals surface area contributed by atoms with Crippen LogP contribution in [-0.2, 0) is 0 Å². The van der Waals surface area contributed by atoms with Crippen LogP contribution in [0.5, 0.6) is 0 Å². The molecule has 0 aliphatic rings. The van der Waals surface area contributed by atoms with Gasteiger partial charge in [0.1, 0.15) is 0 Å². The monoisotopic (exact) mass is 1330 g/mol. The maximum atomic E-state index is 5.00. The number of hydrogen-bond donors (Lipinski definition) is 0. The molecule has 84 heavy (non-hydrogen) atoms. The maximum absolute atomic E-state index is 5.00. The minimum atomic E-state index is 0. The zero-order valence-corrected chi connectivity index (χ0v) is 84.0. The van der Waals surface area contributed by atoms with E-state index in [9.17, 15) is 0 Å². The van der Waals surface area contributed by atoms with E-state index in [1.807, 2.05) is 582 Å². The molecule has 0 rings (SSSR count). The highest BCUT2D eigenvalue weighted by Gasteiger charge is 1.01. The lowest BCUT2D eigenvalue weighted by Gasteiger charge is -1.07. The van der Waals surface area contributed by atoms with E-state index < -0.39 is 0 Å². The first-order chi connectivity index (χ1) is 46.0. The predicted octanol–water partition coefficient (Wildman–Crippen LogP) is 48.0. The summed E-state index contributed by atoms with van der Waals surface area (Å²) in [6.07, 6.45) is 0. The van der Waals surface area contributed by atoms with Crippen molar-refractivity contribution in [1.29, 1.82) is 0 Å². The molecule has 0 atom stereocenters. The van der Waals surface area contributed by atoms with Gasteiger partial charge in [0.25, 0.3) is 0 Å². The molecule has 0 unspecified atom stereocenters. The lowest BCUT2D eigenvalue weighted by molar-refractivity contribution is 1.50. The van der Waals surface area contributed by atoms with Gasteiger partial charge in [-0.15, -0.1) is 0 Å². The van der Waals surface area contributed by atoms with Crippen molar-refractivity contribution in [3.63, 3.8) is 0 Å². The first kappa shape index (κ1) is 273. The predicted molar refractivity (Wildman–Crippen MR) is 519 cm³/mol. The van der Waals surface area contributed by atoms with Crippen LogP contribution < -0.4 is 0 Å². The van der Waals surface area contributed by atoms with E-state index in [1.165, 1.54) is 0 Å². The summed E-state index contributed by atoms with van der Waals surface area (Å²) >= 11 is 0. The van der Waals surface area contributed by atoms with Crippen molar-refractivity contribution < 1.29 is 34.7 Å². The highest BCUT2D eigenvalue weighted by molar-refractivity contribution is 3.59. The van der Waals surface area contributed by atoms with Crippen LogP contribution in [0.4, 0.5) is 0 Å². The van der Waals surface area contributed by atoms with Crippen molar-refractivity contribution in [3.8, 4) is 0 Å². The molecule has 0 heterocycles. The molecule has 0 aliphatic carbocycles. The summed E-state index contributed by atoms with van der Waals surface area (Å²) in [6, 6.07) is 0. The fraction of sp³-hybridized carbons (Fsp3) is 1.00. The van der Waals surface area contributed by atoms with Gasteiger partial charge < -0.3 is 0 Å². The van der Waals surface area contributed by atoms with Crippen LogP contribution in [0.25, 0.3) is 0 Å². The summed E-state index contributed by atoms with van der Waals surface area (Å²) in [6.45, 7) is 168. The first-order valence-electron chi connectivity index (χ1n) is 46.0. The minimum Gasteiger partial charge on any atom is -0.0683 e. The molecular weight excluding hydrogens is 1010 g/mol. The molecule has 0 radical (unpaired) electrons. The van der Waals surface area contributed by atoms with Crippen LogP contribution in [0.3, 0.4) is 0 Å². The largest absolute Gasteiger partial charge is 0.0683 e. The van der Waals surface area contributed by atoms with Crippen molar-refractivity contribution >= 4 is 0 Å². The number of rotatable bonds is 0. The Hall–Kier alpha value is 0. The van der Waals surface area contributed by atoms with Crippen LogP contribution >= 0.6 is 0 Å². The van der Waals surface area contributed by atoms with Gasteiger partial charge in [-0.3, -0.25) is 0 Å². The van der Waals surface area contributed by atoms with Crippen molar-refractivity contribution in [3.05, 3.63) is 0 Å². The van der Waals surface area contributed by atoms with Gasteiger partial charge in [-0.1, -0.05) is 582 Å². The molecule has 0 aromatic carbocycles. The van der Waals surface area contributed by atoms with Gasteiger partial charge in [0.05, 0.1) is 0 Å². The second-order valence-corrected chi connectivity index (χ2v) is 0. The lowest BCUT2D eigenvalue weighted by Crippen LogP contribution is -0.856. The molecule has 0 saturated heterocycles. The van der Waals surface area contributed by atoms with Gasteiger partial charge in [0.2, 0.25) is 0 Å². The van der Waals surface area contributed by atoms with E-state index in [0.29, 0.717) is 0 Å². The Kier molecular flexibility index (Phi) is 0. The van der Waals surface area contributed by atoms with Crippen LogP contribution in [0.2, 0.25) is 0 Å². The van der Waals surface area contributed by atoms with Gasteiger partial charge in [0, 0.05) is 34.7 Å². The molecule has 0 aromatic heterocycles. The molecule has 0 spiro atoms. The average molecular weight is 1330 g/mol. The zero-order valence-electron chi connectivity index (χ0n) is 92.0. The summed E-state index contributed by atoms with van der Waals surface area (Å²) < 4.78 is 40.0. The quantitative estimate of drug-likeness (QED) is 0.227. The Morgan fingerprint density at radius 2 is 0.0476 bits per heavy atom. The summed E-state index contributed by atoms with van der Waals surface area (Å²) in [5.74, 6) is 0. The second-order valence-electron chi connectivity index (χ2n) is 0. The Morgan fingerprint density at radius 1 is 0.0476 bits per heavy atom. The molecule has 0 aliphatic heterocycles. The van der Waals surface area contributed by atoms with Crippen molar-refractivity contribution in [2.45, 2.75) is 582 Å². The zero-order chi connectivity index (χ0) is 92.0. The van der Waals surface area contributed by atoms with Crippen molar-refractivity contribution in [1.82, 2.24) is 0 Å². The summed E-state index contributed by atoms with van der Waals surface area (Å²) in [5, 5.41) is 0. The molecular formula is C84H292. The average Bonchev–Trinajstić information content (AvgIpc) is 3.81. The Bertz CT molecular complexity index is 82.5. The molecule has 0 bridgehead atoms. The van der Waals surface area contributed by atoms with E-state index in [-0.39, 0.29) is 22.8 Å². The van der Waals surface area contributed by atoms with E-state index in [4.69, 9.17) is 11.9 Å². The summed E-state index contributed by atoms with van der Waals surface area (Å²) in [4.78, 5) is 0. The van der Waals surface area contributed by atoms with Crippen LogP contribution in [0.1, 0.15) is 616 Å². The highest BCUT2D eigenvalue weighted by Crippen LogP contribution is 1.23. The van der Waals surface area contributed by atoms with Crippen molar-refractivity contribution in [2.75, 3.05) is 0 Å². The molecule has 628 valence electrons. The molecule has 0 saturated carbocycles. The van der Waals surface area contributed by atoms with E-state index in [0.717, 1.165) is 0 Å². The lowest BCUT2D eigenvalue weighted by atomic mass is 11.0.